The first-order valence-corrected chi connectivity index (χ1v) is 15.0. The van der Waals surface area contributed by atoms with Crippen LogP contribution < -0.4 is 16.4 Å². The Hall–Kier alpha value is -4.20. The van der Waals surface area contributed by atoms with E-state index in [9.17, 15) is 14.4 Å². The second-order valence-electron chi connectivity index (χ2n) is 11.1. The zero-order valence-corrected chi connectivity index (χ0v) is 24.9. The van der Waals surface area contributed by atoms with Gasteiger partial charge in [-0.2, -0.15) is 8.78 Å². The van der Waals surface area contributed by atoms with Crippen molar-refractivity contribution in [2.24, 2.45) is 5.73 Å². The van der Waals surface area contributed by atoms with Gasteiger partial charge in [-0.25, -0.2) is 0 Å². The number of halogens is 2. The van der Waals surface area contributed by atoms with Crippen LogP contribution in [-0.2, 0) is 25.0 Å². The lowest BCUT2D eigenvalue weighted by Gasteiger charge is -2.33. The van der Waals surface area contributed by atoms with Crippen molar-refractivity contribution < 1.29 is 32.6 Å². The minimum Gasteiger partial charge on any atom is -0.384 e. The number of benzene rings is 2. The number of ether oxygens (including phenoxy) is 2. The Morgan fingerprint density at radius 1 is 1.14 bits per heavy atom. The Kier molecular flexibility index (Phi) is 7.50. The van der Waals surface area contributed by atoms with Gasteiger partial charge in [0.2, 0.25) is 11.8 Å². The van der Waals surface area contributed by atoms with Gasteiger partial charge >= 0.3 is 0 Å². The molecule has 0 saturated carbocycles. The van der Waals surface area contributed by atoms with E-state index < -0.39 is 48.1 Å². The molecule has 2 aliphatic heterocycles. The zero-order valence-electron chi connectivity index (χ0n) is 24.0. The van der Waals surface area contributed by atoms with Crippen molar-refractivity contribution in [1.82, 2.24) is 15.5 Å². The van der Waals surface area contributed by atoms with E-state index in [1.165, 1.54) is 40.5 Å². The average molecular weight is 624 g/mol. The maximum Gasteiger partial charge on any atom is 0.299 e. The molecular formula is C31H31F2N5O5S. The van der Waals surface area contributed by atoms with Crippen LogP contribution in [0, 0.1) is 12.3 Å². The molecule has 2 atom stereocenters. The molecule has 3 aromatic rings. The van der Waals surface area contributed by atoms with Gasteiger partial charge < -0.3 is 30.7 Å². The lowest BCUT2D eigenvalue weighted by Crippen LogP contribution is -2.57. The van der Waals surface area contributed by atoms with Crippen LogP contribution in [0.3, 0.4) is 0 Å². The molecule has 13 heteroatoms. The Bertz CT molecular complexity index is 1690. The van der Waals surface area contributed by atoms with E-state index in [2.05, 4.69) is 10.6 Å². The number of carbonyl (C=O) groups is 3. The first kappa shape index (κ1) is 29.9. The molecule has 44 heavy (non-hydrogen) atoms. The standard InChI is InChI=1S/C31H31F2N5O5S/c1-16-4-3-5-22-25(16)20-12-18(6-7-21(20)31(22,32)33)28(40)36-14-24(39)38-9-8-30(42-10-11-43-30)26(38)29(41)37-17(2)23-13-19(15-44-23)27(34)35/h3-7,12-13,15,17,26H,8-11,14H2,1-2H3,(H3,34,35)(H,36,40)(H,37,41)/t17-,26-/m1/s1. The van der Waals surface area contributed by atoms with E-state index in [1.807, 2.05) is 0 Å². The number of likely N-dealkylation sites (tertiary alicyclic amines) is 1. The third-order valence-electron chi connectivity index (χ3n) is 8.39. The van der Waals surface area contributed by atoms with Crippen LogP contribution in [0.15, 0.2) is 47.8 Å². The van der Waals surface area contributed by atoms with Crippen LogP contribution in [0.5, 0.6) is 0 Å². The first-order chi connectivity index (χ1) is 20.9. The summed E-state index contributed by atoms with van der Waals surface area (Å²) in [5.74, 6) is -6.18. The Labute approximate surface area is 256 Å². The van der Waals surface area contributed by atoms with Crippen LogP contribution in [0.1, 0.15) is 56.9 Å². The summed E-state index contributed by atoms with van der Waals surface area (Å²) in [7, 11) is 0. The molecule has 3 amide bonds. The molecule has 2 saturated heterocycles. The number of nitrogens with zero attached hydrogens (tertiary/aromatic N) is 1. The van der Waals surface area contributed by atoms with Crippen LogP contribution in [0.25, 0.3) is 11.1 Å². The first-order valence-electron chi connectivity index (χ1n) is 14.1. The van der Waals surface area contributed by atoms with Crippen molar-refractivity contribution in [1.29, 1.82) is 5.41 Å². The van der Waals surface area contributed by atoms with Crippen molar-refractivity contribution in [3.63, 3.8) is 0 Å². The minimum atomic E-state index is -3.18. The number of rotatable bonds is 7. The van der Waals surface area contributed by atoms with Gasteiger partial charge in [0.05, 0.1) is 25.8 Å². The van der Waals surface area contributed by atoms with Crippen LogP contribution in [-0.4, -0.2) is 66.6 Å². The van der Waals surface area contributed by atoms with E-state index in [4.69, 9.17) is 20.6 Å². The molecule has 6 rings (SSSR count). The van der Waals surface area contributed by atoms with E-state index >= 15 is 8.78 Å². The third kappa shape index (κ3) is 4.94. The molecule has 1 spiro atoms. The van der Waals surface area contributed by atoms with Crippen molar-refractivity contribution in [3.05, 3.63) is 80.5 Å². The van der Waals surface area contributed by atoms with Crippen molar-refractivity contribution in [3.8, 4) is 11.1 Å². The fourth-order valence-electron chi connectivity index (χ4n) is 6.20. The van der Waals surface area contributed by atoms with Gasteiger partial charge in [-0.3, -0.25) is 19.8 Å². The van der Waals surface area contributed by atoms with Crippen molar-refractivity contribution in [2.45, 2.75) is 44.1 Å². The number of nitrogens with two attached hydrogens (primary N) is 1. The Morgan fingerprint density at radius 2 is 1.89 bits per heavy atom. The second-order valence-corrected chi connectivity index (χ2v) is 12.1. The summed E-state index contributed by atoms with van der Waals surface area (Å²) in [5.41, 5.74) is 7.34. The van der Waals surface area contributed by atoms with Gasteiger partial charge in [-0.05, 0) is 48.7 Å². The van der Waals surface area contributed by atoms with Crippen LogP contribution in [0.4, 0.5) is 8.78 Å². The minimum absolute atomic E-state index is 0.0786. The molecule has 0 radical (unpaired) electrons. The predicted octanol–water partition coefficient (Wildman–Crippen LogP) is 3.41. The molecule has 1 aliphatic carbocycles. The number of nitrogens with one attached hydrogen (secondary N) is 3. The predicted molar refractivity (Wildman–Crippen MR) is 159 cm³/mol. The van der Waals surface area contributed by atoms with Gasteiger partial charge in [0, 0.05) is 45.5 Å². The number of hydrogen-bond acceptors (Lipinski definition) is 7. The molecule has 0 bridgehead atoms. The van der Waals surface area contributed by atoms with Crippen molar-refractivity contribution >= 4 is 34.9 Å². The summed E-state index contributed by atoms with van der Waals surface area (Å²) in [6.07, 6.45) is 0.268. The highest BCUT2D eigenvalue weighted by molar-refractivity contribution is 7.10. The number of nitrogen functional groups attached to an aromatic ring is 1. The SMILES string of the molecule is Cc1cccc2c1-c1cc(C(=O)NCC(=O)N3CCC4(OCCO4)[C@H]3C(=O)N[C@H](C)c3cc(C(=N)N)cs3)ccc1C2(F)F. The van der Waals surface area contributed by atoms with E-state index in [1.54, 1.807) is 37.4 Å². The zero-order chi connectivity index (χ0) is 31.4. The molecule has 2 fully saturated rings. The number of amides is 3. The number of alkyl halides is 2. The van der Waals surface area contributed by atoms with E-state index in [0.717, 1.165) is 4.88 Å². The third-order valence-corrected chi connectivity index (χ3v) is 9.51. The number of amidine groups is 1. The van der Waals surface area contributed by atoms with Gasteiger partial charge in [-0.1, -0.05) is 24.3 Å². The molecule has 230 valence electrons. The molecular weight excluding hydrogens is 592 g/mol. The average Bonchev–Trinajstić information content (AvgIpc) is 3.78. The second kappa shape index (κ2) is 11.1. The number of fused-ring (bicyclic) bond motifs is 3. The highest BCUT2D eigenvalue weighted by Gasteiger charge is 2.57. The number of aryl methyl sites for hydroxylation is 1. The molecule has 1 aromatic heterocycles. The summed E-state index contributed by atoms with van der Waals surface area (Å²) in [4.78, 5) is 42.3. The van der Waals surface area contributed by atoms with E-state index in [0.29, 0.717) is 16.7 Å². The highest BCUT2D eigenvalue weighted by Crippen LogP contribution is 2.52. The maximum absolute atomic E-state index is 15.1. The van der Waals surface area contributed by atoms with Gasteiger partial charge in [0.15, 0.2) is 11.8 Å². The van der Waals surface area contributed by atoms with Crippen LogP contribution >= 0.6 is 11.3 Å². The molecule has 3 aliphatic rings. The topological polar surface area (TPSA) is 147 Å². The summed E-state index contributed by atoms with van der Waals surface area (Å²) >= 11 is 1.35. The Balaban J connectivity index is 1.17. The van der Waals surface area contributed by atoms with Crippen LogP contribution in [0.2, 0.25) is 0 Å². The fraction of sp³-hybridized carbons (Fsp3) is 0.355. The smallest absolute Gasteiger partial charge is 0.299 e. The molecule has 2 aromatic carbocycles. The van der Waals surface area contributed by atoms with Crippen molar-refractivity contribution in [2.75, 3.05) is 26.3 Å². The lowest BCUT2D eigenvalue weighted by molar-refractivity contribution is -0.183. The normalized spacial score (nSPS) is 19.8. The monoisotopic (exact) mass is 623 g/mol. The number of carbonyl (C=O) groups excluding carboxylic acids is 3. The number of hydrogen-bond donors (Lipinski definition) is 4. The molecule has 10 nitrogen and oxygen atoms in total. The quantitative estimate of drug-likeness (QED) is 0.234. The highest BCUT2D eigenvalue weighted by atomic mass is 32.1. The molecule has 0 unspecified atom stereocenters. The van der Waals surface area contributed by atoms with Gasteiger partial charge in [-0.15, -0.1) is 11.3 Å². The summed E-state index contributed by atoms with van der Waals surface area (Å²) in [6, 6.07) is 8.88. The maximum atomic E-state index is 15.1. The summed E-state index contributed by atoms with van der Waals surface area (Å²) in [6.45, 7) is 3.80. The molecule has 3 heterocycles. The van der Waals surface area contributed by atoms with Gasteiger partial charge in [0.25, 0.3) is 11.8 Å². The summed E-state index contributed by atoms with van der Waals surface area (Å²) in [5, 5.41) is 14.8. The number of thiophene rings is 1. The van der Waals surface area contributed by atoms with Gasteiger partial charge in [0.1, 0.15) is 5.84 Å². The Morgan fingerprint density at radius 3 is 2.59 bits per heavy atom. The summed E-state index contributed by atoms with van der Waals surface area (Å²) < 4.78 is 41.9. The lowest BCUT2D eigenvalue weighted by atomic mass is 9.99. The largest absolute Gasteiger partial charge is 0.384 e. The molecule has 5 N–H and O–H groups in total. The fourth-order valence-corrected chi connectivity index (χ4v) is 7.12. The van der Waals surface area contributed by atoms with E-state index in [-0.39, 0.29) is 54.3 Å².